The van der Waals surface area contributed by atoms with Gasteiger partial charge in [-0.3, -0.25) is 19.2 Å². The van der Waals surface area contributed by atoms with Gasteiger partial charge in [-0.15, -0.1) is 34.0 Å². The molecule has 3 aliphatic heterocycles. The number of hydrogen-bond acceptors (Lipinski definition) is 14. The van der Waals surface area contributed by atoms with Crippen LogP contribution in [0.15, 0.2) is 97.0 Å². The molecule has 0 unspecified atom stereocenters. The number of carbonyl (C=O) groups is 4. The average Bonchev–Trinajstić information content (AvgIpc) is 4.18. The zero-order chi connectivity index (χ0) is 49.4. The number of pyridine rings is 2. The molecule has 0 saturated carbocycles. The lowest BCUT2D eigenvalue weighted by molar-refractivity contribution is -0.136. The molecule has 7 aromatic rings. The Labute approximate surface area is 431 Å². The number of thiophene rings is 4. The third-order valence-corrected chi connectivity index (χ3v) is 18.1. The van der Waals surface area contributed by atoms with E-state index in [2.05, 4.69) is 57.8 Å². The standard InChI is InChI=1S/C21H22N4O3S2.C12H10BrN3OS.C7H6BrNOS.C7H8O2S/c1-3-25(2)30(27,28)16-6-4-13(5-7-16)15-10-17(20(22)24-12-15)18-11-14-8-9-23-21(26)19(14)29-18;13-7-4-8(11(14)16-5-7)9-3-6-1-2-15-12(17)10(6)18-9;8-5-3-4-1-2-9-7(10)6(4)11-5;8-7(9)2-1-6-3-4-10-5-6/h4-7,10-12H,3,8-9H2,1-2H3,(H2,22,24)(H,23,26);3-5H,1-2H2,(H2,14,16)(H,15,17);3H,1-2H2,(H,9,10);3-5H,1-2H2,(H,8,9). The molecule has 3 aliphatic rings. The van der Waals surface area contributed by atoms with E-state index in [0.717, 1.165) is 97.4 Å². The smallest absolute Gasteiger partial charge is 0.303 e. The summed E-state index contributed by atoms with van der Waals surface area (Å²) in [7, 11) is -1.94. The minimum absolute atomic E-state index is 0.00836. The van der Waals surface area contributed by atoms with Gasteiger partial charge in [-0.1, -0.05) is 19.1 Å². The summed E-state index contributed by atoms with van der Waals surface area (Å²) in [6.45, 7) is 4.30. The number of rotatable bonds is 9. The van der Waals surface area contributed by atoms with E-state index in [1.165, 1.54) is 43.9 Å². The number of aliphatic carboxylic acids is 1. The van der Waals surface area contributed by atoms with Crippen LogP contribution in [0.3, 0.4) is 0 Å². The molecule has 1 aromatic carbocycles. The van der Waals surface area contributed by atoms with Gasteiger partial charge in [0.05, 0.1) is 23.3 Å². The van der Waals surface area contributed by atoms with Crippen molar-refractivity contribution >= 4 is 123 Å². The molecule has 0 saturated heterocycles. The monoisotopic (exact) mass is 1150 g/mol. The van der Waals surface area contributed by atoms with Gasteiger partial charge in [0.25, 0.3) is 17.7 Å². The topological polar surface area (TPSA) is 240 Å². The number of halogens is 2. The van der Waals surface area contributed by atoms with Crippen LogP contribution in [0, 0.1) is 0 Å². The van der Waals surface area contributed by atoms with E-state index in [1.54, 1.807) is 62.0 Å². The number of anilines is 2. The molecule has 0 spiro atoms. The van der Waals surface area contributed by atoms with Gasteiger partial charge in [-0.05, 0) is 145 Å². The first-order valence-corrected chi connectivity index (χ1v) is 27.8. The molecular formula is C47H46Br2N8O7S5. The van der Waals surface area contributed by atoms with E-state index >= 15 is 0 Å². The van der Waals surface area contributed by atoms with Crippen LogP contribution in [0.4, 0.5) is 11.6 Å². The number of hydrogen-bond donors (Lipinski definition) is 6. The van der Waals surface area contributed by atoms with Crippen LogP contribution >= 0.6 is 77.2 Å². The molecule has 10 rings (SSSR count). The number of nitrogen functional groups attached to an aromatic ring is 2. The number of nitrogens with one attached hydrogen (secondary N) is 3. The molecule has 0 fully saturated rings. The number of aromatic nitrogens is 2. The maximum absolute atomic E-state index is 12.5. The number of carbonyl (C=O) groups excluding carboxylic acids is 3. The molecular weight excluding hydrogens is 1110 g/mol. The maximum atomic E-state index is 12.5. The van der Waals surface area contributed by atoms with Crippen LogP contribution in [0.5, 0.6) is 0 Å². The molecule has 69 heavy (non-hydrogen) atoms. The number of carboxylic acid groups (broad SMARTS) is 1. The van der Waals surface area contributed by atoms with Crippen molar-refractivity contribution in [2.75, 3.05) is 44.7 Å². The second-order valence-electron chi connectivity index (χ2n) is 15.6. The van der Waals surface area contributed by atoms with Crippen molar-refractivity contribution in [3.05, 3.63) is 129 Å². The van der Waals surface area contributed by atoms with Crippen LogP contribution < -0.4 is 27.4 Å². The van der Waals surface area contributed by atoms with Crippen molar-refractivity contribution in [2.45, 2.75) is 43.9 Å². The van der Waals surface area contributed by atoms with Crippen LogP contribution in [0.25, 0.3) is 32.0 Å². The van der Waals surface area contributed by atoms with Crippen molar-refractivity contribution in [3.8, 4) is 32.0 Å². The average molecular weight is 1160 g/mol. The highest BCUT2D eigenvalue weighted by Crippen LogP contribution is 2.39. The van der Waals surface area contributed by atoms with Crippen molar-refractivity contribution in [1.29, 1.82) is 0 Å². The van der Waals surface area contributed by atoms with Gasteiger partial charge < -0.3 is 32.5 Å². The van der Waals surface area contributed by atoms with E-state index in [4.69, 9.17) is 16.6 Å². The van der Waals surface area contributed by atoms with Crippen LogP contribution in [-0.4, -0.2) is 84.7 Å². The first-order valence-electron chi connectivity index (χ1n) is 21.4. The molecule has 0 bridgehead atoms. The molecule has 15 nitrogen and oxygen atoms in total. The Bertz CT molecular complexity index is 3120. The minimum atomic E-state index is -3.49. The van der Waals surface area contributed by atoms with Gasteiger partial charge in [0.15, 0.2) is 0 Å². The Hall–Kier alpha value is -5.33. The number of benzene rings is 1. The van der Waals surface area contributed by atoms with Gasteiger partial charge in [0.2, 0.25) is 10.0 Å². The fourth-order valence-electron chi connectivity index (χ4n) is 7.16. The highest BCUT2D eigenvalue weighted by Gasteiger charge is 2.24. The summed E-state index contributed by atoms with van der Waals surface area (Å²) in [5.74, 6) is 0.171. The molecule has 360 valence electrons. The Morgan fingerprint density at radius 1 is 0.739 bits per heavy atom. The summed E-state index contributed by atoms with van der Waals surface area (Å²) in [5, 5.41) is 20.7. The third-order valence-electron chi connectivity index (χ3n) is 10.9. The normalized spacial score (nSPS) is 13.7. The summed E-state index contributed by atoms with van der Waals surface area (Å²) < 4.78 is 28.2. The summed E-state index contributed by atoms with van der Waals surface area (Å²) >= 11 is 12.7. The second kappa shape index (κ2) is 23.1. The Balaban J connectivity index is 0.000000151. The number of aryl methyl sites for hydroxylation is 1. The summed E-state index contributed by atoms with van der Waals surface area (Å²) in [5.41, 5.74) is 19.7. The van der Waals surface area contributed by atoms with Crippen LogP contribution in [0.2, 0.25) is 0 Å². The van der Waals surface area contributed by atoms with Gasteiger partial charge in [-0.25, -0.2) is 22.7 Å². The Morgan fingerprint density at radius 2 is 1.26 bits per heavy atom. The minimum Gasteiger partial charge on any atom is -0.481 e. The molecule has 0 radical (unpaired) electrons. The van der Waals surface area contributed by atoms with E-state index in [1.807, 2.05) is 47.2 Å². The molecule has 0 aliphatic carbocycles. The first kappa shape index (κ1) is 51.5. The summed E-state index contributed by atoms with van der Waals surface area (Å²) in [6, 6.07) is 18.6. The van der Waals surface area contributed by atoms with Crippen molar-refractivity contribution in [1.82, 2.24) is 30.2 Å². The third kappa shape index (κ3) is 12.7. The number of fused-ring (bicyclic) bond motifs is 3. The fourth-order valence-corrected chi connectivity index (χ4v) is 13.3. The van der Waals surface area contributed by atoms with Gasteiger partial charge in [-0.2, -0.15) is 11.3 Å². The molecule has 3 amide bonds. The zero-order valence-corrected chi connectivity index (χ0v) is 44.4. The fraction of sp³-hybridized carbons (Fsp3) is 0.234. The number of sulfonamides is 1. The first-order chi connectivity index (χ1) is 33.0. The highest BCUT2D eigenvalue weighted by molar-refractivity contribution is 9.11. The number of nitrogens with two attached hydrogens (primary N) is 2. The largest absolute Gasteiger partial charge is 0.481 e. The Kier molecular flexibility index (Phi) is 17.2. The lowest BCUT2D eigenvalue weighted by atomic mass is 10.0. The van der Waals surface area contributed by atoms with E-state index in [0.29, 0.717) is 37.7 Å². The maximum Gasteiger partial charge on any atom is 0.303 e. The number of amides is 3. The number of carboxylic acids is 1. The van der Waals surface area contributed by atoms with E-state index in [-0.39, 0.29) is 29.0 Å². The zero-order valence-electron chi connectivity index (χ0n) is 37.1. The Morgan fingerprint density at radius 3 is 1.75 bits per heavy atom. The SMILES string of the molecule is CCN(C)S(=O)(=O)c1ccc(-c2cnc(N)c(-c3cc4c(s3)C(=O)NCC4)c2)cc1.Nc1ncc(Br)cc1-c1cc2c(s1)C(=O)NCC2.O=C(O)CCc1ccsc1.O=C1NCCc2cc(Br)sc21. The van der Waals surface area contributed by atoms with Crippen molar-refractivity contribution in [3.63, 3.8) is 0 Å². The van der Waals surface area contributed by atoms with E-state index in [9.17, 15) is 27.6 Å². The van der Waals surface area contributed by atoms with Crippen molar-refractivity contribution in [2.24, 2.45) is 0 Å². The van der Waals surface area contributed by atoms with Crippen molar-refractivity contribution < 1.29 is 32.7 Å². The quantitative estimate of drug-likeness (QED) is 0.0797. The van der Waals surface area contributed by atoms with E-state index < -0.39 is 16.0 Å². The summed E-state index contributed by atoms with van der Waals surface area (Å²) in [6.07, 6.45) is 6.85. The molecule has 22 heteroatoms. The molecule has 0 atom stereocenters. The predicted octanol–water partition coefficient (Wildman–Crippen LogP) is 8.99. The number of nitrogens with zero attached hydrogens (tertiary/aromatic N) is 3. The van der Waals surface area contributed by atoms with Crippen LogP contribution in [0.1, 0.15) is 64.6 Å². The predicted molar refractivity (Wildman–Crippen MR) is 283 cm³/mol. The summed E-state index contributed by atoms with van der Waals surface area (Å²) in [4.78, 5) is 58.0. The van der Waals surface area contributed by atoms with Gasteiger partial charge in [0, 0.05) is 83.0 Å². The molecule has 6 aromatic heterocycles. The molecule has 8 N–H and O–H groups in total. The highest BCUT2D eigenvalue weighted by atomic mass is 79.9. The van der Waals surface area contributed by atoms with Gasteiger partial charge in [0.1, 0.15) is 11.6 Å². The second-order valence-corrected chi connectivity index (χ2v) is 23.8. The molecule has 9 heterocycles. The van der Waals surface area contributed by atoms with Crippen LogP contribution in [-0.2, 0) is 40.5 Å². The lowest BCUT2D eigenvalue weighted by Gasteiger charge is -2.15. The van der Waals surface area contributed by atoms with Gasteiger partial charge >= 0.3 is 5.97 Å². The lowest BCUT2D eigenvalue weighted by Crippen LogP contribution is -2.30.